The van der Waals surface area contributed by atoms with Crippen LogP contribution < -0.4 is 10.1 Å². The summed E-state index contributed by atoms with van der Waals surface area (Å²) in [6.45, 7) is 0.972. The minimum Gasteiger partial charge on any atom is -0.479 e. The van der Waals surface area contributed by atoms with Gasteiger partial charge in [0.05, 0.1) is 6.61 Å². The Morgan fingerprint density at radius 1 is 1.37 bits per heavy atom. The molecule has 19 heavy (non-hydrogen) atoms. The second-order valence-corrected chi connectivity index (χ2v) is 5.09. The Labute approximate surface area is 114 Å². The number of benzene rings is 1. The summed E-state index contributed by atoms with van der Waals surface area (Å²) in [6, 6.07) is 9.68. The first-order chi connectivity index (χ1) is 9.28. The number of hydrogen-bond donors (Lipinski definition) is 2. The molecule has 1 aromatic rings. The second kappa shape index (κ2) is 6.55. The molecule has 0 spiro atoms. The fourth-order valence-electron chi connectivity index (χ4n) is 2.59. The van der Waals surface area contributed by atoms with Gasteiger partial charge in [-0.1, -0.05) is 25.0 Å². The van der Waals surface area contributed by atoms with E-state index >= 15 is 0 Å². The highest BCUT2D eigenvalue weighted by molar-refractivity contribution is 5.28. The van der Waals surface area contributed by atoms with Gasteiger partial charge >= 0.3 is 0 Å². The number of aliphatic hydroxyl groups excluding tert-OH is 1. The summed E-state index contributed by atoms with van der Waals surface area (Å²) in [5.41, 5.74) is 0.999. The van der Waals surface area contributed by atoms with Gasteiger partial charge < -0.3 is 15.2 Å². The lowest BCUT2D eigenvalue weighted by Crippen LogP contribution is -2.45. The van der Waals surface area contributed by atoms with Gasteiger partial charge in [-0.15, -0.1) is 0 Å². The van der Waals surface area contributed by atoms with Gasteiger partial charge in [0.15, 0.2) is 6.61 Å². The van der Waals surface area contributed by atoms with Crippen molar-refractivity contribution in [2.75, 3.05) is 13.2 Å². The molecule has 1 fully saturated rings. The largest absolute Gasteiger partial charge is 0.479 e. The molecule has 0 unspecified atom stereocenters. The van der Waals surface area contributed by atoms with E-state index in [4.69, 9.17) is 10.00 Å². The molecule has 0 amide bonds. The quantitative estimate of drug-likeness (QED) is 0.821. The van der Waals surface area contributed by atoms with E-state index in [9.17, 15) is 5.11 Å². The fraction of sp³-hybridized carbons (Fsp3) is 0.533. The van der Waals surface area contributed by atoms with Crippen molar-refractivity contribution in [1.29, 1.82) is 5.26 Å². The maximum atomic E-state index is 9.54. The molecule has 102 valence electrons. The summed E-state index contributed by atoms with van der Waals surface area (Å²) in [5, 5.41) is 21.5. The summed E-state index contributed by atoms with van der Waals surface area (Å²) < 4.78 is 5.28. The van der Waals surface area contributed by atoms with Crippen molar-refractivity contribution in [3.63, 3.8) is 0 Å². The maximum absolute atomic E-state index is 9.54. The SMILES string of the molecule is N#CCOc1cccc(CNC2(CO)CCCC2)c1. The summed E-state index contributed by atoms with van der Waals surface area (Å²) >= 11 is 0. The molecule has 0 heterocycles. The summed E-state index contributed by atoms with van der Waals surface area (Å²) in [5.74, 6) is 0.713. The van der Waals surface area contributed by atoms with Gasteiger partial charge in [-0.3, -0.25) is 0 Å². The lowest BCUT2D eigenvalue weighted by Gasteiger charge is -2.28. The molecule has 2 N–H and O–H groups in total. The third-order valence-electron chi connectivity index (χ3n) is 3.73. The predicted molar refractivity (Wildman–Crippen MR) is 72.7 cm³/mol. The van der Waals surface area contributed by atoms with Gasteiger partial charge in [-0.05, 0) is 30.5 Å². The minimum atomic E-state index is -0.108. The zero-order valence-corrected chi connectivity index (χ0v) is 11.1. The van der Waals surface area contributed by atoms with Crippen LogP contribution in [0.4, 0.5) is 0 Å². The Kier molecular flexibility index (Phi) is 4.78. The van der Waals surface area contributed by atoms with Gasteiger partial charge in [0.2, 0.25) is 0 Å². The number of aliphatic hydroxyl groups is 1. The third kappa shape index (κ3) is 3.69. The van der Waals surface area contributed by atoms with Crippen molar-refractivity contribution in [2.24, 2.45) is 0 Å². The highest BCUT2D eigenvalue weighted by Gasteiger charge is 2.32. The van der Waals surface area contributed by atoms with Crippen LogP contribution in [-0.4, -0.2) is 23.9 Å². The second-order valence-electron chi connectivity index (χ2n) is 5.09. The molecule has 1 aliphatic carbocycles. The average molecular weight is 260 g/mol. The standard InChI is InChI=1S/C15H20N2O2/c16-8-9-19-14-5-3-4-13(10-14)11-17-15(12-18)6-1-2-7-15/h3-5,10,17-18H,1-2,6-7,9,11-12H2. The van der Waals surface area contributed by atoms with Crippen molar-refractivity contribution >= 4 is 0 Å². The van der Waals surface area contributed by atoms with E-state index in [2.05, 4.69) is 5.32 Å². The normalized spacial score (nSPS) is 17.1. The van der Waals surface area contributed by atoms with E-state index in [1.807, 2.05) is 30.3 Å². The lowest BCUT2D eigenvalue weighted by atomic mass is 9.98. The predicted octanol–water partition coefficient (Wildman–Crippen LogP) is 1.98. The van der Waals surface area contributed by atoms with Crippen LogP contribution in [0.15, 0.2) is 24.3 Å². The molecule has 0 aromatic heterocycles. The van der Waals surface area contributed by atoms with Gasteiger partial charge in [0.1, 0.15) is 11.8 Å². The number of ether oxygens (including phenoxy) is 1. The Balaban J connectivity index is 1.93. The molecule has 0 aliphatic heterocycles. The van der Waals surface area contributed by atoms with Crippen molar-refractivity contribution in [2.45, 2.75) is 37.8 Å². The van der Waals surface area contributed by atoms with Crippen LogP contribution in [0.3, 0.4) is 0 Å². The fourth-order valence-corrected chi connectivity index (χ4v) is 2.59. The van der Waals surface area contributed by atoms with E-state index in [-0.39, 0.29) is 18.8 Å². The smallest absolute Gasteiger partial charge is 0.174 e. The Hall–Kier alpha value is -1.57. The van der Waals surface area contributed by atoms with E-state index in [0.717, 1.165) is 18.4 Å². The zero-order chi connectivity index (χ0) is 13.6. The van der Waals surface area contributed by atoms with Crippen molar-refractivity contribution in [1.82, 2.24) is 5.32 Å². The van der Waals surface area contributed by atoms with Crippen LogP contribution in [0, 0.1) is 11.3 Å². The first kappa shape index (κ1) is 13.9. The molecule has 0 radical (unpaired) electrons. The minimum absolute atomic E-state index is 0.0669. The van der Waals surface area contributed by atoms with Gasteiger partial charge in [0.25, 0.3) is 0 Å². The van der Waals surface area contributed by atoms with Crippen LogP contribution in [0.25, 0.3) is 0 Å². The topological polar surface area (TPSA) is 65.3 Å². The van der Waals surface area contributed by atoms with E-state index in [1.54, 1.807) is 0 Å². The summed E-state index contributed by atoms with van der Waals surface area (Å²) in [7, 11) is 0. The number of nitrogens with one attached hydrogen (secondary N) is 1. The van der Waals surface area contributed by atoms with Crippen LogP contribution >= 0.6 is 0 Å². The lowest BCUT2D eigenvalue weighted by molar-refractivity contribution is 0.163. The van der Waals surface area contributed by atoms with E-state index in [0.29, 0.717) is 12.3 Å². The van der Waals surface area contributed by atoms with Crippen LogP contribution in [-0.2, 0) is 6.54 Å². The van der Waals surface area contributed by atoms with E-state index < -0.39 is 0 Å². The average Bonchev–Trinajstić information content (AvgIpc) is 2.93. The molecule has 1 aliphatic rings. The molecule has 4 heteroatoms. The molecule has 1 aromatic carbocycles. The van der Waals surface area contributed by atoms with Crippen LogP contribution in [0.5, 0.6) is 5.75 Å². The van der Waals surface area contributed by atoms with Crippen LogP contribution in [0.2, 0.25) is 0 Å². The Bertz CT molecular complexity index is 448. The molecule has 0 bridgehead atoms. The monoisotopic (exact) mass is 260 g/mol. The maximum Gasteiger partial charge on any atom is 0.174 e. The Morgan fingerprint density at radius 2 is 2.16 bits per heavy atom. The van der Waals surface area contributed by atoms with Gasteiger partial charge in [0, 0.05) is 12.1 Å². The molecule has 0 saturated heterocycles. The van der Waals surface area contributed by atoms with Crippen molar-refractivity contribution < 1.29 is 9.84 Å². The van der Waals surface area contributed by atoms with Crippen LogP contribution in [0.1, 0.15) is 31.2 Å². The molecule has 2 rings (SSSR count). The first-order valence-corrected chi connectivity index (χ1v) is 6.73. The summed E-state index contributed by atoms with van der Waals surface area (Å²) in [6.07, 6.45) is 4.43. The highest BCUT2D eigenvalue weighted by atomic mass is 16.5. The van der Waals surface area contributed by atoms with Gasteiger partial charge in [-0.2, -0.15) is 5.26 Å². The van der Waals surface area contributed by atoms with Crippen molar-refractivity contribution in [3.8, 4) is 11.8 Å². The Morgan fingerprint density at radius 3 is 2.84 bits per heavy atom. The molecule has 4 nitrogen and oxygen atoms in total. The van der Waals surface area contributed by atoms with Gasteiger partial charge in [-0.25, -0.2) is 0 Å². The number of nitrogens with zero attached hydrogens (tertiary/aromatic N) is 1. The number of nitriles is 1. The first-order valence-electron chi connectivity index (χ1n) is 6.73. The highest BCUT2D eigenvalue weighted by Crippen LogP contribution is 2.29. The summed E-state index contributed by atoms with van der Waals surface area (Å²) in [4.78, 5) is 0. The molecule has 0 atom stereocenters. The number of hydrogen-bond acceptors (Lipinski definition) is 4. The third-order valence-corrected chi connectivity index (χ3v) is 3.73. The molecule has 1 saturated carbocycles. The number of rotatable bonds is 6. The molecular weight excluding hydrogens is 240 g/mol. The van der Waals surface area contributed by atoms with Crippen molar-refractivity contribution in [3.05, 3.63) is 29.8 Å². The molecular formula is C15H20N2O2. The van der Waals surface area contributed by atoms with E-state index in [1.165, 1.54) is 12.8 Å². The zero-order valence-electron chi connectivity index (χ0n) is 11.1.